The maximum atomic E-state index is 13.4. The van der Waals surface area contributed by atoms with Crippen LogP contribution in [0.4, 0.5) is 8.78 Å². The summed E-state index contributed by atoms with van der Waals surface area (Å²) < 4.78 is 26.6. The van der Waals surface area contributed by atoms with E-state index in [0.29, 0.717) is 0 Å². The molecule has 6 unspecified atom stereocenters. The molecule has 0 N–H and O–H groups in total. The summed E-state index contributed by atoms with van der Waals surface area (Å²) in [5, 5.41) is 0. The van der Waals surface area contributed by atoms with Crippen LogP contribution in [0.3, 0.4) is 0 Å². The lowest BCUT2D eigenvalue weighted by Gasteiger charge is -2.20. The molecule has 0 aromatic heterocycles. The number of fused-ring (bicyclic) bond motifs is 5. The summed E-state index contributed by atoms with van der Waals surface area (Å²) in [5.41, 5.74) is 0. The van der Waals surface area contributed by atoms with E-state index < -0.39 is 12.3 Å². The Kier molecular flexibility index (Phi) is 1.12. The molecule has 3 rings (SSSR count). The third kappa shape index (κ3) is 0.584. The molecule has 0 nitrogen and oxygen atoms in total. The molecular weight excluding hydrogens is 158 g/mol. The molecule has 2 bridgehead atoms. The maximum Gasteiger partial charge on any atom is 0.122 e. The Morgan fingerprint density at radius 3 is 2.17 bits per heavy atom. The number of allylic oxidation sites excluding steroid dienone is 4. The molecule has 0 spiro atoms. The van der Waals surface area contributed by atoms with Gasteiger partial charge in [0.05, 0.1) is 0 Å². The van der Waals surface area contributed by atoms with Crippen molar-refractivity contribution in [3.8, 4) is 0 Å². The molecule has 0 aromatic rings. The van der Waals surface area contributed by atoms with Gasteiger partial charge >= 0.3 is 0 Å². The van der Waals surface area contributed by atoms with Crippen LogP contribution in [-0.2, 0) is 0 Å². The van der Waals surface area contributed by atoms with Crippen LogP contribution >= 0.6 is 0 Å². The lowest BCUT2D eigenvalue weighted by atomic mass is 9.85. The van der Waals surface area contributed by atoms with Gasteiger partial charge in [-0.3, -0.25) is 0 Å². The molecule has 1 saturated carbocycles. The minimum absolute atomic E-state index is 0.0306. The van der Waals surface area contributed by atoms with E-state index in [4.69, 9.17) is 0 Å². The van der Waals surface area contributed by atoms with E-state index >= 15 is 0 Å². The van der Waals surface area contributed by atoms with Crippen molar-refractivity contribution in [3.63, 3.8) is 0 Å². The highest BCUT2D eigenvalue weighted by Gasteiger charge is 2.55. The SMILES string of the molecule is FC1C=CC2C3C=CC(C3F)C12. The van der Waals surface area contributed by atoms with Gasteiger partial charge in [0.2, 0.25) is 0 Å². The lowest BCUT2D eigenvalue weighted by Crippen LogP contribution is -2.21. The third-order valence-corrected chi connectivity index (χ3v) is 3.51. The zero-order valence-corrected chi connectivity index (χ0v) is 6.53. The van der Waals surface area contributed by atoms with E-state index in [2.05, 4.69) is 0 Å². The monoisotopic (exact) mass is 168 g/mol. The maximum absolute atomic E-state index is 13.4. The molecule has 3 aliphatic carbocycles. The molecule has 0 saturated heterocycles. The van der Waals surface area contributed by atoms with Gasteiger partial charge in [-0.05, 0) is 5.92 Å². The second-order valence-electron chi connectivity index (χ2n) is 3.97. The third-order valence-electron chi connectivity index (χ3n) is 3.51. The molecule has 2 heteroatoms. The fourth-order valence-electron chi connectivity index (χ4n) is 2.96. The van der Waals surface area contributed by atoms with Gasteiger partial charge in [-0.15, -0.1) is 0 Å². The van der Waals surface area contributed by atoms with Gasteiger partial charge in [0.1, 0.15) is 12.3 Å². The van der Waals surface area contributed by atoms with E-state index in [1.54, 1.807) is 6.08 Å². The molecule has 0 aliphatic heterocycles. The highest BCUT2D eigenvalue weighted by atomic mass is 19.1. The van der Waals surface area contributed by atoms with Crippen LogP contribution in [0.25, 0.3) is 0 Å². The summed E-state index contributed by atoms with van der Waals surface area (Å²) in [4.78, 5) is 0. The predicted octanol–water partition coefficient (Wildman–Crippen LogP) is 2.28. The lowest BCUT2D eigenvalue weighted by molar-refractivity contribution is 0.211. The fraction of sp³-hybridized carbons (Fsp3) is 0.600. The van der Waals surface area contributed by atoms with Gasteiger partial charge in [0, 0.05) is 17.8 Å². The first-order valence-corrected chi connectivity index (χ1v) is 4.44. The Morgan fingerprint density at radius 1 is 0.750 bits per heavy atom. The quantitative estimate of drug-likeness (QED) is 0.487. The first kappa shape index (κ1) is 6.81. The Morgan fingerprint density at radius 2 is 1.42 bits per heavy atom. The minimum atomic E-state index is -0.909. The van der Waals surface area contributed by atoms with E-state index in [-0.39, 0.29) is 23.7 Å². The summed E-state index contributed by atoms with van der Waals surface area (Å²) in [6, 6.07) is 0. The Balaban J connectivity index is 2.03. The number of alkyl halides is 2. The second kappa shape index (κ2) is 1.98. The van der Waals surface area contributed by atoms with Crippen molar-refractivity contribution >= 4 is 0 Å². The molecule has 3 aliphatic rings. The fourth-order valence-corrected chi connectivity index (χ4v) is 2.96. The topological polar surface area (TPSA) is 0 Å². The van der Waals surface area contributed by atoms with Crippen molar-refractivity contribution in [2.24, 2.45) is 23.7 Å². The zero-order valence-electron chi connectivity index (χ0n) is 6.53. The van der Waals surface area contributed by atoms with Gasteiger partial charge < -0.3 is 0 Å². The van der Waals surface area contributed by atoms with Crippen LogP contribution in [-0.4, -0.2) is 12.3 Å². The van der Waals surface area contributed by atoms with Crippen molar-refractivity contribution in [2.75, 3.05) is 0 Å². The molecule has 0 aromatic carbocycles. The molecule has 0 radical (unpaired) electrons. The van der Waals surface area contributed by atoms with Crippen molar-refractivity contribution in [1.29, 1.82) is 0 Å². The summed E-state index contributed by atoms with van der Waals surface area (Å²) in [6.45, 7) is 0. The molecule has 12 heavy (non-hydrogen) atoms. The molecule has 1 fully saturated rings. The normalized spacial score (nSPS) is 59.8. The molecule has 0 amide bonds. The Labute approximate surface area is 70.0 Å². The van der Waals surface area contributed by atoms with Gasteiger partial charge in [-0.1, -0.05) is 24.3 Å². The number of rotatable bonds is 0. The minimum Gasteiger partial charge on any atom is -0.246 e. The zero-order chi connectivity index (χ0) is 8.29. The van der Waals surface area contributed by atoms with Crippen LogP contribution in [0.2, 0.25) is 0 Å². The average molecular weight is 168 g/mol. The number of hydrogen-bond donors (Lipinski definition) is 0. The van der Waals surface area contributed by atoms with Crippen LogP contribution in [0, 0.1) is 23.7 Å². The second-order valence-corrected chi connectivity index (χ2v) is 3.97. The molecule has 6 atom stereocenters. The van der Waals surface area contributed by atoms with Crippen molar-refractivity contribution in [2.45, 2.75) is 12.3 Å². The molecule has 0 heterocycles. The van der Waals surface area contributed by atoms with Crippen molar-refractivity contribution < 1.29 is 8.78 Å². The van der Waals surface area contributed by atoms with Crippen molar-refractivity contribution in [1.82, 2.24) is 0 Å². The highest BCUT2D eigenvalue weighted by molar-refractivity contribution is 5.27. The number of hydrogen-bond acceptors (Lipinski definition) is 0. The summed E-state index contributed by atoms with van der Waals surface area (Å²) in [5.74, 6) is -0.123. The summed E-state index contributed by atoms with van der Waals surface area (Å²) >= 11 is 0. The summed E-state index contributed by atoms with van der Waals surface area (Å²) in [7, 11) is 0. The molecular formula is C10H10F2. The average Bonchev–Trinajstić information content (AvgIpc) is 2.66. The predicted molar refractivity (Wildman–Crippen MR) is 42.0 cm³/mol. The van der Waals surface area contributed by atoms with E-state index in [9.17, 15) is 8.78 Å². The van der Waals surface area contributed by atoms with E-state index in [1.807, 2.05) is 18.2 Å². The van der Waals surface area contributed by atoms with E-state index in [1.165, 1.54) is 0 Å². The smallest absolute Gasteiger partial charge is 0.122 e. The molecule has 64 valence electrons. The van der Waals surface area contributed by atoms with Gasteiger partial charge in [-0.25, -0.2) is 8.78 Å². The Bertz CT molecular complexity index is 269. The van der Waals surface area contributed by atoms with Crippen LogP contribution in [0.1, 0.15) is 0 Å². The Hall–Kier alpha value is -0.660. The first-order valence-electron chi connectivity index (χ1n) is 4.44. The van der Waals surface area contributed by atoms with Crippen LogP contribution < -0.4 is 0 Å². The van der Waals surface area contributed by atoms with Gasteiger partial charge in [-0.2, -0.15) is 0 Å². The highest BCUT2D eigenvalue weighted by Crippen LogP contribution is 2.54. The standard InChI is InChI=1S/C10H10F2/c11-8-4-3-5-6-1-2-7(9(5)8)10(6)12/h1-10H. The van der Waals surface area contributed by atoms with Crippen molar-refractivity contribution in [3.05, 3.63) is 24.3 Å². The number of halogens is 2. The van der Waals surface area contributed by atoms with Gasteiger partial charge in [0.15, 0.2) is 0 Å². The summed E-state index contributed by atoms with van der Waals surface area (Å²) in [6.07, 6.45) is 5.50. The van der Waals surface area contributed by atoms with Gasteiger partial charge in [0.25, 0.3) is 0 Å². The van der Waals surface area contributed by atoms with Crippen LogP contribution in [0.5, 0.6) is 0 Å². The van der Waals surface area contributed by atoms with Crippen LogP contribution in [0.15, 0.2) is 24.3 Å². The first-order chi connectivity index (χ1) is 5.79. The largest absolute Gasteiger partial charge is 0.246 e. The van der Waals surface area contributed by atoms with E-state index in [0.717, 1.165) is 0 Å².